The lowest BCUT2D eigenvalue weighted by Crippen LogP contribution is -2.53. The fourth-order valence-electron chi connectivity index (χ4n) is 3.80. The molecule has 2 rings (SSSR count). The minimum atomic E-state index is -1.33. The summed E-state index contributed by atoms with van der Waals surface area (Å²) in [6.07, 6.45) is 0.395. The van der Waals surface area contributed by atoms with Gasteiger partial charge in [0.05, 0.1) is 18.3 Å². The number of amides is 1. The summed E-state index contributed by atoms with van der Waals surface area (Å²) < 4.78 is 0. The van der Waals surface area contributed by atoms with E-state index in [9.17, 15) is 29.4 Å². The number of benzene rings is 2. The van der Waals surface area contributed by atoms with Gasteiger partial charge in [-0.05, 0) is 17.5 Å². The van der Waals surface area contributed by atoms with Crippen LogP contribution in [0, 0.1) is 11.3 Å². The predicted molar refractivity (Wildman–Crippen MR) is 129 cm³/mol. The van der Waals surface area contributed by atoms with Gasteiger partial charge in [0.2, 0.25) is 5.91 Å². The van der Waals surface area contributed by atoms with Crippen molar-refractivity contribution < 1.29 is 29.4 Å². The Kier molecular flexibility index (Phi) is 10.6. The number of amidine groups is 1. The van der Waals surface area contributed by atoms with Crippen LogP contribution in [0.3, 0.4) is 0 Å². The smallest absolute Gasteiger partial charge is 0.326 e. The Balaban J connectivity index is 2.33. The Bertz CT molecular complexity index is 1020. The van der Waals surface area contributed by atoms with Crippen LogP contribution in [0.15, 0.2) is 60.7 Å². The van der Waals surface area contributed by atoms with E-state index in [2.05, 4.69) is 10.6 Å². The lowest BCUT2D eigenvalue weighted by molar-refractivity contribution is -0.143. The minimum Gasteiger partial charge on any atom is -0.481 e. The van der Waals surface area contributed by atoms with Gasteiger partial charge in [0.1, 0.15) is 12.3 Å². The van der Waals surface area contributed by atoms with Crippen molar-refractivity contribution in [2.45, 2.75) is 43.8 Å². The lowest BCUT2D eigenvalue weighted by Gasteiger charge is -2.31. The summed E-state index contributed by atoms with van der Waals surface area (Å²) >= 11 is 0. The number of hydrogen-bond donors (Lipinski definition) is 6. The van der Waals surface area contributed by atoms with Crippen LogP contribution in [0.5, 0.6) is 0 Å². The number of nitrogens with two attached hydrogens (primary N) is 1. The fraction of sp³-hybridized carbons (Fsp3) is 0.320. The highest BCUT2D eigenvalue weighted by Gasteiger charge is 2.33. The van der Waals surface area contributed by atoms with Crippen LogP contribution in [0.25, 0.3) is 0 Å². The molecule has 0 radical (unpaired) electrons. The molecule has 0 heterocycles. The van der Waals surface area contributed by atoms with E-state index in [1.165, 1.54) is 0 Å². The van der Waals surface area contributed by atoms with Crippen molar-refractivity contribution in [3.8, 4) is 0 Å². The van der Waals surface area contributed by atoms with Crippen LogP contribution in [-0.4, -0.2) is 52.3 Å². The van der Waals surface area contributed by atoms with Crippen molar-refractivity contribution in [1.29, 1.82) is 5.41 Å². The summed E-state index contributed by atoms with van der Waals surface area (Å²) in [4.78, 5) is 47.5. The second-order valence-electron chi connectivity index (χ2n) is 8.10. The van der Waals surface area contributed by atoms with Gasteiger partial charge in [0.25, 0.3) is 0 Å². The van der Waals surface area contributed by atoms with Gasteiger partial charge in [-0.15, -0.1) is 0 Å². The number of carbonyl (C=O) groups is 4. The Morgan fingerprint density at radius 2 is 1.57 bits per heavy atom. The van der Waals surface area contributed by atoms with Crippen LogP contribution in [0.2, 0.25) is 0 Å². The molecule has 2 aromatic rings. The van der Waals surface area contributed by atoms with E-state index in [1.807, 2.05) is 0 Å². The molecule has 7 N–H and O–H groups in total. The summed E-state index contributed by atoms with van der Waals surface area (Å²) in [7, 11) is 0. The molecule has 10 nitrogen and oxygen atoms in total. The summed E-state index contributed by atoms with van der Waals surface area (Å²) in [6.45, 7) is 0. The van der Waals surface area contributed by atoms with Gasteiger partial charge in [-0.2, -0.15) is 0 Å². The fourth-order valence-corrected chi connectivity index (χ4v) is 3.80. The Morgan fingerprint density at radius 1 is 0.971 bits per heavy atom. The van der Waals surface area contributed by atoms with Crippen molar-refractivity contribution in [2.75, 3.05) is 0 Å². The third-order valence-electron chi connectivity index (χ3n) is 5.53. The normalized spacial score (nSPS) is 14.2. The summed E-state index contributed by atoms with van der Waals surface area (Å²) in [5.74, 6) is -4.27. The van der Waals surface area contributed by atoms with Crippen LogP contribution in [0.1, 0.15) is 36.4 Å². The quantitative estimate of drug-likeness (QED) is 0.125. The van der Waals surface area contributed by atoms with Gasteiger partial charge in [0, 0.05) is 24.8 Å². The molecule has 0 aromatic heterocycles. The molecule has 10 heteroatoms. The maximum absolute atomic E-state index is 13.1. The zero-order valence-corrected chi connectivity index (χ0v) is 19.1. The van der Waals surface area contributed by atoms with Gasteiger partial charge >= 0.3 is 11.9 Å². The summed E-state index contributed by atoms with van der Waals surface area (Å²) in [5.41, 5.74) is 7.14. The van der Waals surface area contributed by atoms with Crippen molar-refractivity contribution in [1.82, 2.24) is 10.6 Å². The summed E-state index contributed by atoms with van der Waals surface area (Å²) in [6, 6.07) is 14.1. The van der Waals surface area contributed by atoms with E-state index in [-0.39, 0.29) is 25.1 Å². The number of carbonyl (C=O) groups excluding carboxylic acids is 2. The molecule has 35 heavy (non-hydrogen) atoms. The number of carboxylic acid groups (broad SMARTS) is 2. The Hall–Kier alpha value is -4.05. The molecule has 0 bridgehead atoms. The maximum atomic E-state index is 13.1. The highest BCUT2D eigenvalue weighted by atomic mass is 16.4. The largest absolute Gasteiger partial charge is 0.481 e. The average Bonchev–Trinajstić information content (AvgIpc) is 2.83. The molecule has 1 amide bonds. The maximum Gasteiger partial charge on any atom is 0.326 e. The first-order valence-electron chi connectivity index (χ1n) is 11.1. The number of hydrogen-bond acceptors (Lipinski definition) is 6. The topological polar surface area (TPSA) is 183 Å². The molecule has 0 spiro atoms. The van der Waals surface area contributed by atoms with E-state index in [0.717, 1.165) is 0 Å². The standard InChI is InChI=1S/C25H30N4O6/c26-23(27)18(12-7-13-30)22(17-10-5-2-6-11-17)28-19(15-21(31)32)24(33)29-20(25(34)35)14-16-8-3-1-4-9-16/h1-6,8-11,13,18-20,22,28H,7,12,14-15H2,(H3,26,27)(H,29,33)(H,31,32)(H,34,35)/t18?,19-,20-,22?/m0/s1. The van der Waals surface area contributed by atoms with E-state index < -0.39 is 48.3 Å². The van der Waals surface area contributed by atoms with E-state index >= 15 is 0 Å². The molecular weight excluding hydrogens is 452 g/mol. The molecule has 0 aliphatic heterocycles. The van der Waals surface area contributed by atoms with E-state index in [1.54, 1.807) is 60.7 Å². The first-order chi connectivity index (χ1) is 16.7. The van der Waals surface area contributed by atoms with Crippen LogP contribution < -0.4 is 16.4 Å². The van der Waals surface area contributed by atoms with Crippen molar-refractivity contribution in [3.63, 3.8) is 0 Å². The van der Waals surface area contributed by atoms with Gasteiger partial charge in [-0.25, -0.2) is 4.79 Å². The number of rotatable bonds is 15. The van der Waals surface area contributed by atoms with Crippen molar-refractivity contribution >= 4 is 30.0 Å². The van der Waals surface area contributed by atoms with Crippen molar-refractivity contribution in [3.05, 3.63) is 71.8 Å². The highest BCUT2D eigenvalue weighted by Crippen LogP contribution is 2.27. The van der Waals surface area contributed by atoms with E-state index in [0.29, 0.717) is 17.4 Å². The molecule has 186 valence electrons. The lowest BCUT2D eigenvalue weighted by atomic mass is 9.87. The minimum absolute atomic E-state index is 0.0131. The number of aldehydes is 1. The highest BCUT2D eigenvalue weighted by molar-refractivity contribution is 5.90. The molecular formula is C25H30N4O6. The molecule has 0 fully saturated rings. The first-order valence-corrected chi connectivity index (χ1v) is 11.1. The Labute approximate surface area is 203 Å². The Morgan fingerprint density at radius 3 is 2.09 bits per heavy atom. The molecule has 2 unspecified atom stereocenters. The molecule has 0 saturated carbocycles. The zero-order valence-electron chi connectivity index (χ0n) is 19.1. The third-order valence-corrected chi connectivity index (χ3v) is 5.53. The zero-order chi connectivity index (χ0) is 25.8. The first kappa shape index (κ1) is 27.2. The number of nitrogens with one attached hydrogen (secondary N) is 3. The average molecular weight is 483 g/mol. The van der Waals surface area contributed by atoms with Gasteiger partial charge in [-0.1, -0.05) is 60.7 Å². The molecule has 0 aliphatic carbocycles. The second-order valence-corrected chi connectivity index (χ2v) is 8.10. The predicted octanol–water partition coefficient (Wildman–Crippen LogP) is 1.50. The SMILES string of the molecule is N=C(N)C(CCC=O)C(N[C@@H](CC(=O)O)C(=O)N[C@@H](Cc1ccccc1)C(=O)O)c1ccccc1. The van der Waals surface area contributed by atoms with Crippen molar-refractivity contribution in [2.24, 2.45) is 11.7 Å². The summed E-state index contributed by atoms with van der Waals surface area (Å²) in [5, 5.41) is 32.5. The van der Waals surface area contributed by atoms with Gasteiger partial charge in [-0.3, -0.25) is 20.3 Å². The molecule has 4 atom stereocenters. The van der Waals surface area contributed by atoms with Crippen LogP contribution in [-0.2, 0) is 25.6 Å². The van der Waals surface area contributed by atoms with E-state index in [4.69, 9.17) is 11.1 Å². The molecule has 0 saturated heterocycles. The van der Waals surface area contributed by atoms with Crippen LogP contribution >= 0.6 is 0 Å². The number of carboxylic acids is 2. The van der Waals surface area contributed by atoms with Crippen LogP contribution in [0.4, 0.5) is 0 Å². The molecule has 2 aromatic carbocycles. The monoisotopic (exact) mass is 482 g/mol. The number of aliphatic carboxylic acids is 2. The molecule has 0 aliphatic rings. The third kappa shape index (κ3) is 8.67. The van der Waals surface area contributed by atoms with Gasteiger partial charge in [0.15, 0.2) is 0 Å². The second kappa shape index (κ2) is 13.6. The van der Waals surface area contributed by atoms with Gasteiger partial charge < -0.3 is 26.1 Å².